The van der Waals surface area contributed by atoms with Gasteiger partial charge in [-0.05, 0) is 36.3 Å². The van der Waals surface area contributed by atoms with Crippen LogP contribution in [0.4, 0.5) is 0 Å². The fraction of sp³-hybridized carbons (Fsp3) is 0.409. The molecule has 1 amide bonds. The van der Waals surface area contributed by atoms with Gasteiger partial charge >= 0.3 is 0 Å². The predicted molar refractivity (Wildman–Crippen MR) is 106 cm³/mol. The highest BCUT2D eigenvalue weighted by Crippen LogP contribution is 2.39. The summed E-state index contributed by atoms with van der Waals surface area (Å²) in [5.41, 5.74) is 3.69. The summed E-state index contributed by atoms with van der Waals surface area (Å²) in [5.74, 6) is 0.0563. The summed E-state index contributed by atoms with van der Waals surface area (Å²) in [5, 5.41) is 0. The summed E-state index contributed by atoms with van der Waals surface area (Å²) in [4.78, 5) is 23.9. The van der Waals surface area contributed by atoms with Gasteiger partial charge in [0.05, 0.1) is 25.0 Å². The first-order valence-electron chi connectivity index (χ1n) is 9.94. The first kappa shape index (κ1) is 17.4. The van der Waals surface area contributed by atoms with Gasteiger partial charge in [-0.3, -0.25) is 4.79 Å². The van der Waals surface area contributed by atoms with Gasteiger partial charge in [0.15, 0.2) is 5.65 Å². The number of hydrogen-bond donors (Lipinski definition) is 0. The SMILES string of the molecule is O=C(c1cnc2c(c1)ncn2Cc1ccccc1)N1CCC2(CCOC2)CC1. The maximum Gasteiger partial charge on any atom is 0.255 e. The Kier molecular flexibility index (Phi) is 4.36. The molecule has 5 rings (SSSR count). The number of imidazole rings is 1. The molecular weight excluding hydrogens is 352 g/mol. The zero-order chi connectivity index (χ0) is 19.0. The van der Waals surface area contributed by atoms with Crippen LogP contribution in [0.5, 0.6) is 0 Å². The molecule has 2 fully saturated rings. The van der Waals surface area contributed by atoms with Crippen LogP contribution in [0, 0.1) is 5.41 Å². The standard InChI is InChI=1S/C22H24N4O2/c27-21(25-9-6-22(7-10-25)8-11-28-15-22)18-12-19-20(23-13-18)26(16-24-19)14-17-4-2-1-3-5-17/h1-5,12-13,16H,6-11,14-15H2. The molecule has 2 saturated heterocycles. The molecule has 2 aliphatic heterocycles. The highest BCUT2D eigenvalue weighted by Gasteiger charge is 2.39. The van der Waals surface area contributed by atoms with Gasteiger partial charge in [0.25, 0.3) is 5.91 Å². The van der Waals surface area contributed by atoms with E-state index in [9.17, 15) is 4.79 Å². The van der Waals surface area contributed by atoms with Crippen molar-refractivity contribution >= 4 is 17.1 Å². The fourth-order valence-corrected chi connectivity index (χ4v) is 4.37. The molecule has 3 aromatic rings. The number of benzene rings is 1. The lowest BCUT2D eigenvalue weighted by molar-refractivity contribution is 0.0532. The monoisotopic (exact) mass is 376 g/mol. The number of carbonyl (C=O) groups is 1. The van der Waals surface area contributed by atoms with Gasteiger partial charge in [0.2, 0.25) is 0 Å². The molecule has 0 aliphatic carbocycles. The number of piperidine rings is 1. The number of rotatable bonds is 3. The van der Waals surface area contributed by atoms with E-state index in [4.69, 9.17) is 4.74 Å². The molecule has 0 atom stereocenters. The predicted octanol–water partition coefficient (Wildman–Crippen LogP) is 3.12. The average Bonchev–Trinajstić information content (AvgIpc) is 3.36. The molecule has 2 aromatic heterocycles. The second-order valence-electron chi connectivity index (χ2n) is 8.02. The number of nitrogens with zero attached hydrogens (tertiary/aromatic N) is 4. The smallest absolute Gasteiger partial charge is 0.255 e. The molecule has 1 spiro atoms. The number of ether oxygens (including phenoxy) is 1. The second kappa shape index (κ2) is 7.02. The quantitative estimate of drug-likeness (QED) is 0.705. The summed E-state index contributed by atoms with van der Waals surface area (Å²) in [7, 11) is 0. The van der Waals surface area contributed by atoms with Crippen LogP contribution >= 0.6 is 0 Å². The van der Waals surface area contributed by atoms with Crippen LogP contribution in [-0.4, -0.2) is 51.6 Å². The molecule has 0 radical (unpaired) electrons. The maximum atomic E-state index is 13.0. The summed E-state index contributed by atoms with van der Waals surface area (Å²) in [6.07, 6.45) is 6.67. The van der Waals surface area contributed by atoms with Gasteiger partial charge in [-0.25, -0.2) is 9.97 Å². The minimum absolute atomic E-state index is 0.0563. The largest absolute Gasteiger partial charge is 0.381 e. The Morgan fingerprint density at radius 2 is 1.93 bits per heavy atom. The second-order valence-corrected chi connectivity index (χ2v) is 8.02. The average molecular weight is 376 g/mol. The maximum absolute atomic E-state index is 13.0. The molecule has 1 aromatic carbocycles. The van der Waals surface area contributed by atoms with E-state index in [-0.39, 0.29) is 5.91 Å². The van der Waals surface area contributed by atoms with Crippen molar-refractivity contribution in [3.63, 3.8) is 0 Å². The van der Waals surface area contributed by atoms with Crippen LogP contribution in [0.15, 0.2) is 48.9 Å². The third-order valence-electron chi connectivity index (χ3n) is 6.19. The minimum atomic E-state index is 0.0563. The molecule has 4 heterocycles. The molecule has 28 heavy (non-hydrogen) atoms. The van der Waals surface area contributed by atoms with E-state index in [1.807, 2.05) is 33.7 Å². The van der Waals surface area contributed by atoms with E-state index < -0.39 is 0 Å². The van der Waals surface area contributed by atoms with Gasteiger partial charge in [-0.15, -0.1) is 0 Å². The third-order valence-corrected chi connectivity index (χ3v) is 6.19. The molecule has 0 saturated carbocycles. The molecular formula is C22H24N4O2. The van der Waals surface area contributed by atoms with Gasteiger partial charge in [-0.1, -0.05) is 30.3 Å². The normalized spacial score (nSPS) is 18.8. The Balaban J connectivity index is 1.32. The van der Waals surface area contributed by atoms with Gasteiger partial charge in [0, 0.05) is 25.9 Å². The Bertz CT molecular complexity index is 982. The van der Waals surface area contributed by atoms with E-state index in [1.54, 1.807) is 12.5 Å². The van der Waals surface area contributed by atoms with Crippen LogP contribution in [-0.2, 0) is 11.3 Å². The van der Waals surface area contributed by atoms with Crippen molar-refractivity contribution in [1.82, 2.24) is 19.4 Å². The van der Waals surface area contributed by atoms with E-state index in [1.165, 1.54) is 5.56 Å². The molecule has 0 unspecified atom stereocenters. The Hall–Kier alpha value is -2.73. The van der Waals surface area contributed by atoms with Gasteiger partial charge in [-0.2, -0.15) is 0 Å². The number of hydrogen-bond acceptors (Lipinski definition) is 4. The topological polar surface area (TPSA) is 60.2 Å². The summed E-state index contributed by atoms with van der Waals surface area (Å²) in [6, 6.07) is 12.1. The Morgan fingerprint density at radius 1 is 1.11 bits per heavy atom. The first-order valence-corrected chi connectivity index (χ1v) is 9.94. The number of amides is 1. The number of likely N-dealkylation sites (tertiary alicyclic amines) is 1. The van der Waals surface area contributed by atoms with Crippen LogP contribution in [0.1, 0.15) is 35.2 Å². The molecule has 6 heteroatoms. The van der Waals surface area contributed by atoms with Crippen LogP contribution in [0.3, 0.4) is 0 Å². The van der Waals surface area contributed by atoms with E-state index in [0.717, 1.165) is 56.7 Å². The van der Waals surface area contributed by atoms with Crippen molar-refractivity contribution in [3.8, 4) is 0 Å². The van der Waals surface area contributed by atoms with Crippen LogP contribution in [0.2, 0.25) is 0 Å². The first-order chi connectivity index (χ1) is 13.7. The fourth-order valence-electron chi connectivity index (χ4n) is 4.37. The molecule has 6 nitrogen and oxygen atoms in total. The minimum Gasteiger partial charge on any atom is -0.381 e. The molecule has 0 N–H and O–H groups in total. The highest BCUT2D eigenvalue weighted by molar-refractivity contribution is 5.96. The molecule has 144 valence electrons. The lowest BCUT2D eigenvalue weighted by Gasteiger charge is -2.38. The zero-order valence-electron chi connectivity index (χ0n) is 15.9. The Morgan fingerprint density at radius 3 is 2.68 bits per heavy atom. The van der Waals surface area contributed by atoms with Crippen molar-refractivity contribution < 1.29 is 9.53 Å². The van der Waals surface area contributed by atoms with Crippen molar-refractivity contribution in [3.05, 3.63) is 60.0 Å². The van der Waals surface area contributed by atoms with E-state index in [0.29, 0.717) is 17.5 Å². The van der Waals surface area contributed by atoms with Gasteiger partial charge in [0.1, 0.15) is 5.52 Å². The van der Waals surface area contributed by atoms with Crippen molar-refractivity contribution in [2.24, 2.45) is 5.41 Å². The highest BCUT2D eigenvalue weighted by atomic mass is 16.5. The number of pyridine rings is 1. The lowest BCUT2D eigenvalue weighted by Crippen LogP contribution is -2.43. The van der Waals surface area contributed by atoms with Crippen molar-refractivity contribution in [2.45, 2.75) is 25.8 Å². The summed E-state index contributed by atoms with van der Waals surface area (Å²) < 4.78 is 7.60. The summed E-state index contributed by atoms with van der Waals surface area (Å²) >= 11 is 0. The molecule has 0 bridgehead atoms. The third kappa shape index (κ3) is 3.18. The number of carbonyl (C=O) groups excluding carboxylic acids is 1. The van der Waals surface area contributed by atoms with Crippen molar-refractivity contribution in [2.75, 3.05) is 26.3 Å². The number of aromatic nitrogens is 3. The Labute approximate surface area is 164 Å². The summed E-state index contributed by atoms with van der Waals surface area (Å²) in [6.45, 7) is 4.01. The zero-order valence-corrected chi connectivity index (χ0v) is 15.9. The van der Waals surface area contributed by atoms with Crippen molar-refractivity contribution in [1.29, 1.82) is 0 Å². The lowest BCUT2D eigenvalue weighted by atomic mass is 9.78. The van der Waals surface area contributed by atoms with Crippen LogP contribution in [0.25, 0.3) is 11.2 Å². The number of fused-ring (bicyclic) bond motifs is 1. The van der Waals surface area contributed by atoms with E-state index >= 15 is 0 Å². The van der Waals surface area contributed by atoms with E-state index in [2.05, 4.69) is 22.1 Å². The van der Waals surface area contributed by atoms with Gasteiger partial charge < -0.3 is 14.2 Å². The van der Waals surface area contributed by atoms with Crippen LogP contribution < -0.4 is 0 Å². The molecule has 2 aliphatic rings.